The average Bonchev–Trinajstić information content (AvgIpc) is 3.17. The molecule has 0 spiro atoms. The number of carbonyl (C=O) groups is 2. The van der Waals surface area contributed by atoms with Gasteiger partial charge in [0.1, 0.15) is 0 Å². The van der Waals surface area contributed by atoms with Crippen LogP contribution in [0.2, 0.25) is 0 Å². The van der Waals surface area contributed by atoms with E-state index in [2.05, 4.69) is 15.8 Å². The molecule has 6 nitrogen and oxygen atoms in total. The van der Waals surface area contributed by atoms with Gasteiger partial charge in [-0.05, 0) is 31.9 Å². The van der Waals surface area contributed by atoms with E-state index in [1.165, 1.54) is 0 Å². The summed E-state index contributed by atoms with van der Waals surface area (Å²) >= 11 is 0. The maximum Gasteiger partial charge on any atom is 0.294 e. The van der Waals surface area contributed by atoms with Crippen molar-refractivity contribution < 1.29 is 14.1 Å². The van der Waals surface area contributed by atoms with Crippen molar-refractivity contribution in [2.75, 3.05) is 5.32 Å². The van der Waals surface area contributed by atoms with Crippen LogP contribution in [0.1, 0.15) is 39.4 Å². The number of para-hydroxylation sites is 1. The number of anilines is 1. The van der Waals surface area contributed by atoms with Crippen LogP contribution < -0.4 is 10.6 Å². The highest BCUT2D eigenvalue weighted by molar-refractivity contribution is 6.07. The van der Waals surface area contributed by atoms with E-state index in [0.29, 0.717) is 16.9 Å². The fourth-order valence-corrected chi connectivity index (χ4v) is 1.94. The van der Waals surface area contributed by atoms with Gasteiger partial charge in [-0.2, -0.15) is 0 Å². The summed E-state index contributed by atoms with van der Waals surface area (Å²) in [5.74, 6) is -0.491. The fraction of sp³-hybridized carbons (Fsp3) is 0.267. The van der Waals surface area contributed by atoms with Crippen LogP contribution in [-0.4, -0.2) is 23.0 Å². The molecule has 2 aromatic rings. The van der Waals surface area contributed by atoms with E-state index in [1.54, 1.807) is 37.3 Å². The van der Waals surface area contributed by atoms with E-state index in [0.717, 1.165) is 12.8 Å². The lowest BCUT2D eigenvalue weighted by atomic mass is 10.1. The van der Waals surface area contributed by atoms with Crippen LogP contribution in [0.15, 0.2) is 34.9 Å². The van der Waals surface area contributed by atoms with E-state index in [1.807, 2.05) is 0 Å². The van der Waals surface area contributed by atoms with E-state index in [4.69, 9.17) is 4.52 Å². The van der Waals surface area contributed by atoms with Crippen LogP contribution in [0.4, 0.5) is 5.69 Å². The lowest BCUT2D eigenvalue weighted by Gasteiger charge is -2.10. The second kappa shape index (κ2) is 5.40. The van der Waals surface area contributed by atoms with Crippen LogP contribution in [0, 0.1) is 6.92 Å². The number of hydrogen-bond acceptors (Lipinski definition) is 4. The molecule has 2 amide bonds. The third-order valence-corrected chi connectivity index (χ3v) is 3.18. The number of aryl methyl sites for hydroxylation is 1. The molecule has 1 saturated carbocycles. The summed E-state index contributed by atoms with van der Waals surface area (Å²) in [4.78, 5) is 24.2. The molecule has 3 rings (SSSR count). The minimum absolute atomic E-state index is 0.116. The topological polar surface area (TPSA) is 84.2 Å². The van der Waals surface area contributed by atoms with Crippen molar-refractivity contribution in [3.05, 3.63) is 47.3 Å². The van der Waals surface area contributed by atoms with Crippen molar-refractivity contribution in [3.8, 4) is 0 Å². The summed E-state index contributed by atoms with van der Waals surface area (Å²) in [6.07, 6.45) is 2.02. The first kappa shape index (κ1) is 13.4. The lowest BCUT2D eigenvalue weighted by molar-refractivity contribution is 0.0952. The van der Waals surface area contributed by atoms with Crippen LogP contribution in [0.25, 0.3) is 0 Å². The van der Waals surface area contributed by atoms with Gasteiger partial charge in [-0.3, -0.25) is 9.59 Å². The molecule has 6 heteroatoms. The molecular weight excluding hydrogens is 270 g/mol. The molecule has 0 atom stereocenters. The maximum absolute atomic E-state index is 12.1. The predicted octanol–water partition coefficient (Wildman–Crippen LogP) is 2.13. The molecular formula is C15H15N3O3. The zero-order valence-electron chi connectivity index (χ0n) is 11.6. The van der Waals surface area contributed by atoms with Gasteiger partial charge in [0.15, 0.2) is 0 Å². The van der Waals surface area contributed by atoms with Gasteiger partial charge >= 0.3 is 0 Å². The van der Waals surface area contributed by atoms with Crippen molar-refractivity contribution in [2.45, 2.75) is 25.8 Å². The Morgan fingerprint density at radius 3 is 2.67 bits per heavy atom. The number of benzene rings is 1. The molecule has 0 saturated heterocycles. The molecule has 0 bridgehead atoms. The van der Waals surface area contributed by atoms with Crippen molar-refractivity contribution in [1.82, 2.24) is 10.5 Å². The summed E-state index contributed by atoms with van der Waals surface area (Å²) in [6.45, 7) is 1.73. The molecule has 21 heavy (non-hydrogen) atoms. The fourth-order valence-electron chi connectivity index (χ4n) is 1.94. The molecule has 108 valence electrons. The summed E-state index contributed by atoms with van der Waals surface area (Å²) in [7, 11) is 0. The van der Waals surface area contributed by atoms with Crippen LogP contribution in [0.3, 0.4) is 0 Å². The Morgan fingerprint density at radius 1 is 1.24 bits per heavy atom. The van der Waals surface area contributed by atoms with Crippen molar-refractivity contribution >= 4 is 17.5 Å². The van der Waals surface area contributed by atoms with Gasteiger partial charge in [-0.25, -0.2) is 0 Å². The Balaban J connectivity index is 1.78. The Kier molecular flexibility index (Phi) is 3.43. The molecule has 0 unspecified atom stereocenters. The van der Waals surface area contributed by atoms with Gasteiger partial charge in [0, 0.05) is 12.1 Å². The highest BCUT2D eigenvalue weighted by Gasteiger charge is 2.25. The summed E-state index contributed by atoms with van der Waals surface area (Å²) < 4.78 is 4.91. The van der Waals surface area contributed by atoms with Gasteiger partial charge in [0.25, 0.3) is 11.8 Å². The zero-order chi connectivity index (χ0) is 14.8. The van der Waals surface area contributed by atoms with Crippen LogP contribution in [-0.2, 0) is 0 Å². The summed E-state index contributed by atoms with van der Waals surface area (Å²) in [5.41, 5.74) is 1.52. The van der Waals surface area contributed by atoms with E-state index < -0.39 is 5.91 Å². The molecule has 0 radical (unpaired) electrons. The first-order chi connectivity index (χ1) is 10.1. The molecule has 1 aromatic heterocycles. The second-order valence-corrected chi connectivity index (χ2v) is 5.08. The number of rotatable bonds is 4. The van der Waals surface area contributed by atoms with Crippen LogP contribution in [0.5, 0.6) is 0 Å². The highest BCUT2D eigenvalue weighted by Crippen LogP contribution is 2.22. The van der Waals surface area contributed by atoms with Crippen molar-refractivity contribution in [2.24, 2.45) is 0 Å². The maximum atomic E-state index is 12.1. The molecule has 1 aliphatic carbocycles. The van der Waals surface area contributed by atoms with Gasteiger partial charge in [-0.1, -0.05) is 17.3 Å². The number of nitrogens with one attached hydrogen (secondary N) is 2. The number of nitrogens with zero attached hydrogens (tertiary/aromatic N) is 1. The molecule has 1 aliphatic rings. The van der Waals surface area contributed by atoms with E-state index in [-0.39, 0.29) is 17.7 Å². The monoisotopic (exact) mass is 285 g/mol. The van der Waals surface area contributed by atoms with E-state index >= 15 is 0 Å². The van der Waals surface area contributed by atoms with Gasteiger partial charge in [-0.15, -0.1) is 0 Å². The van der Waals surface area contributed by atoms with Gasteiger partial charge < -0.3 is 15.2 Å². The number of aromatic nitrogens is 1. The third kappa shape index (κ3) is 3.10. The first-order valence-electron chi connectivity index (χ1n) is 6.78. The van der Waals surface area contributed by atoms with Crippen molar-refractivity contribution in [1.29, 1.82) is 0 Å². The van der Waals surface area contributed by atoms with Crippen molar-refractivity contribution in [3.63, 3.8) is 0 Å². The normalized spacial score (nSPS) is 13.8. The summed E-state index contributed by atoms with van der Waals surface area (Å²) in [5, 5.41) is 9.25. The molecule has 1 fully saturated rings. The Hall–Kier alpha value is -2.63. The number of hydrogen-bond donors (Lipinski definition) is 2. The number of carbonyl (C=O) groups excluding carboxylic acids is 2. The molecule has 2 N–H and O–H groups in total. The summed E-state index contributed by atoms with van der Waals surface area (Å²) in [6, 6.07) is 8.69. The molecule has 1 aromatic carbocycles. The minimum atomic E-state index is -0.428. The standard InChI is InChI=1S/C15H15N3O3/c1-9-8-13(21-18-9)15(20)17-12-5-3-2-4-11(12)14(19)16-10-6-7-10/h2-5,8,10H,6-7H2,1H3,(H,16,19)(H,17,20). The largest absolute Gasteiger partial charge is 0.351 e. The Labute approximate surface area is 121 Å². The molecule has 0 aliphatic heterocycles. The minimum Gasteiger partial charge on any atom is -0.351 e. The average molecular weight is 285 g/mol. The quantitative estimate of drug-likeness (QED) is 0.901. The van der Waals surface area contributed by atoms with Gasteiger partial charge in [0.2, 0.25) is 5.76 Å². The van der Waals surface area contributed by atoms with Gasteiger partial charge in [0.05, 0.1) is 16.9 Å². The van der Waals surface area contributed by atoms with E-state index in [9.17, 15) is 9.59 Å². The molecule has 1 heterocycles. The first-order valence-corrected chi connectivity index (χ1v) is 6.78. The third-order valence-electron chi connectivity index (χ3n) is 3.18. The highest BCUT2D eigenvalue weighted by atomic mass is 16.5. The Bertz CT molecular complexity index is 689. The van der Waals surface area contributed by atoms with Crippen LogP contribution >= 0.6 is 0 Å². The lowest BCUT2D eigenvalue weighted by Crippen LogP contribution is -2.26. The number of amides is 2. The Morgan fingerprint density at radius 2 is 2.00 bits per heavy atom. The zero-order valence-corrected chi connectivity index (χ0v) is 11.6. The second-order valence-electron chi connectivity index (χ2n) is 5.08. The smallest absolute Gasteiger partial charge is 0.294 e. The SMILES string of the molecule is Cc1cc(C(=O)Nc2ccccc2C(=O)NC2CC2)on1. The predicted molar refractivity (Wildman–Crippen MR) is 76.1 cm³/mol.